The molecule has 0 heterocycles. The zero-order valence-electron chi connectivity index (χ0n) is 9.00. The van der Waals surface area contributed by atoms with Gasteiger partial charge >= 0.3 is 0 Å². The molecule has 0 radical (unpaired) electrons. The third kappa shape index (κ3) is 2.87. The van der Waals surface area contributed by atoms with Crippen LogP contribution in [0.2, 0.25) is 5.02 Å². The predicted molar refractivity (Wildman–Crippen MR) is 82.3 cm³/mol. The highest BCUT2D eigenvalue weighted by Gasteiger charge is 2.18. The first-order valence-electron chi connectivity index (χ1n) is 5.07. The van der Waals surface area contributed by atoms with Gasteiger partial charge < -0.3 is 5.11 Å². The minimum absolute atomic E-state index is 0.0166. The summed E-state index contributed by atoms with van der Waals surface area (Å²) in [5, 5.41) is 10.1. The summed E-state index contributed by atoms with van der Waals surface area (Å²) >= 11 is 11.1. The Hall–Kier alpha value is -0.170. The summed E-state index contributed by atoms with van der Waals surface area (Å²) in [6.07, 6.45) is -1.02. The molecule has 0 aliphatic heterocycles. The molecule has 1 unspecified atom stereocenters. The average molecular weight is 441 g/mol. The molecule has 0 amide bonds. The van der Waals surface area contributed by atoms with Gasteiger partial charge in [0.1, 0.15) is 11.9 Å². The number of halogens is 4. The van der Waals surface area contributed by atoms with E-state index in [-0.39, 0.29) is 10.6 Å². The molecule has 0 bridgehead atoms. The van der Waals surface area contributed by atoms with Crippen LogP contribution in [0.5, 0.6) is 0 Å². The Bertz CT molecular complexity index is 574. The third-order valence-electron chi connectivity index (χ3n) is 2.55. The van der Waals surface area contributed by atoms with Gasteiger partial charge in [0.2, 0.25) is 0 Å². The normalized spacial score (nSPS) is 12.5. The molecule has 0 aliphatic carbocycles. The molecule has 94 valence electrons. The van der Waals surface area contributed by atoms with Crippen molar-refractivity contribution < 1.29 is 9.50 Å². The second-order valence-electron chi connectivity index (χ2n) is 3.72. The Balaban J connectivity index is 2.43. The Morgan fingerprint density at radius 1 is 1.17 bits per heavy atom. The molecule has 5 heteroatoms. The fourth-order valence-electron chi connectivity index (χ4n) is 1.58. The standard InChI is InChI=1S/C13H8BrClFIO/c14-10-6-5-9(12(16)11(10)15)13(18)7-1-3-8(17)4-2-7/h1-6,13,18H. The highest BCUT2D eigenvalue weighted by atomic mass is 127. The maximum atomic E-state index is 14.0. The van der Waals surface area contributed by atoms with Gasteiger partial charge in [-0.15, -0.1) is 0 Å². The lowest BCUT2D eigenvalue weighted by atomic mass is 10.0. The van der Waals surface area contributed by atoms with Crippen molar-refractivity contribution in [1.29, 1.82) is 0 Å². The van der Waals surface area contributed by atoms with Gasteiger partial charge in [0.25, 0.3) is 0 Å². The van der Waals surface area contributed by atoms with E-state index in [1.807, 2.05) is 12.1 Å². The van der Waals surface area contributed by atoms with Crippen LogP contribution in [-0.2, 0) is 0 Å². The minimum atomic E-state index is -1.02. The van der Waals surface area contributed by atoms with Crippen LogP contribution in [0.1, 0.15) is 17.2 Å². The van der Waals surface area contributed by atoms with Gasteiger partial charge in [-0.2, -0.15) is 0 Å². The van der Waals surface area contributed by atoms with Crippen LogP contribution < -0.4 is 0 Å². The van der Waals surface area contributed by atoms with Crippen LogP contribution in [0.15, 0.2) is 40.9 Å². The largest absolute Gasteiger partial charge is 0.384 e. The lowest BCUT2D eigenvalue weighted by molar-refractivity contribution is 0.215. The van der Waals surface area contributed by atoms with Crippen molar-refractivity contribution in [2.24, 2.45) is 0 Å². The van der Waals surface area contributed by atoms with E-state index < -0.39 is 11.9 Å². The van der Waals surface area contributed by atoms with E-state index in [9.17, 15) is 9.50 Å². The van der Waals surface area contributed by atoms with Crippen molar-refractivity contribution in [3.8, 4) is 0 Å². The minimum Gasteiger partial charge on any atom is -0.384 e. The van der Waals surface area contributed by atoms with Crippen molar-refractivity contribution in [2.45, 2.75) is 6.10 Å². The zero-order chi connectivity index (χ0) is 13.3. The second-order valence-corrected chi connectivity index (χ2v) is 6.20. The van der Waals surface area contributed by atoms with E-state index in [0.29, 0.717) is 10.0 Å². The average Bonchev–Trinajstić information content (AvgIpc) is 2.36. The number of hydrogen-bond donors (Lipinski definition) is 1. The van der Waals surface area contributed by atoms with Gasteiger partial charge in [0, 0.05) is 13.6 Å². The molecule has 0 aliphatic rings. The molecule has 1 N–H and O–H groups in total. The highest BCUT2D eigenvalue weighted by molar-refractivity contribution is 14.1. The van der Waals surface area contributed by atoms with Gasteiger partial charge in [-0.1, -0.05) is 29.8 Å². The van der Waals surface area contributed by atoms with Crippen LogP contribution in [0.4, 0.5) is 4.39 Å². The molecule has 0 aromatic heterocycles. The molecule has 0 saturated heterocycles. The Labute approximate surface area is 131 Å². The van der Waals surface area contributed by atoms with Gasteiger partial charge in [-0.3, -0.25) is 0 Å². The summed E-state index contributed by atoms with van der Waals surface area (Å²) in [5.74, 6) is -0.600. The van der Waals surface area contributed by atoms with E-state index >= 15 is 0 Å². The van der Waals surface area contributed by atoms with Crippen molar-refractivity contribution in [3.63, 3.8) is 0 Å². The smallest absolute Gasteiger partial charge is 0.149 e. The van der Waals surface area contributed by atoms with E-state index in [0.717, 1.165) is 3.57 Å². The third-order valence-corrected chi connectivity index (χ3v) is 4.52. The summed E-state index contributed by atoms with van der Waals surface area (Å²) in [7, 11) is 0. The number of aliphatic hydroxyl groups is 1. The van der Waals surface area contributed by atoms with Gasteiger partial charge in [0.15, 0.2) is 0 Å². The number of benzene rings is 2. The lowest BCUT2D eigenvalue weighted by Gasteiger charge is -2.13. The lowest BCUT2D eigenvalue weighted by Crippen LogP contribution is -2.03. The molecule has 0 fully saturated rings. The van der Waals surface area contributed by atoms with Crippen molar-refractivity contribution >= 4 is 50.1 Å². The number of rotatable bonds is 2. The maximum Gasteiger partial charge on any atom is 0.149 e. The van der Waals surface area contributed by atoms with Crippen molar-refractivity contribution in [3.05, 3.63) is 66.4 Å². The van der Waals surface area contributed by atoms with Gasteiger partial charge in [0.05, 0.1) is 5.02 Å². The Morgan fingerprint density at radius 3 is 2.39 bits per heavy atom. The molecule has 2 aromatic carbocycles. The predicted octanol–water partition coefficient (Wildman–Crippen LogP) is 4.93. The quantitative estimate of drug-likeness (QED) is 0.518. The van der Waals surface area contributed by atoms with Crippen LogP contribution in [0.3, 0.4) is 0 Å². The summed E-state index contributed by atoms with van der Waals surface area (Å²) in [4.78, 5) is 0. The topological polar surface area (TPSA) is 20.2 Å². The second kappa shape index (κ2) is 5.86. The van der Waals surface area contributed by atoms with E-state index in [4.69, 9.17) is 11.6 Å². The fourth-order valence-corrected chi connectivity index (χ4v) is 2.41. The van der Waals surface area contributed by atoms with Gasteiger partial charge in [-0.05, 0) is 62.3 Å². The zero-order valence-corrected chi connectivity index (χ0v) is 13.5. The van der Waals surface area contributed by atoms with E-state index in [1.165, 1.54) is 6.07 Å². The highest BCUT2D eigenvalue weighted by Crippen LogP contribution is 2.32. The summed E-state index contributed by atoms with van der Waals surface area (Å²) in [5.41, 5.74) is 0.803. The first-order valence-corrected chi connectivity index (χ1v) is 7.32. The van der Waals surface area contributed by atoms with Crippen LogP contribution in [-0.4, -0.2) is 5.11 Å². The molecule has 2 aromatic rings. The molecular weight excluding hydrogens is 433 g/mol. The van der Waals surface area contributed by atoms with Crippen LogP contribution in [0, 0.1) is 9.39 Å². The molecule has 0 spiro atoms. The van der Waals surface area contributed by atoms with Crippen LogP contribution in [0.25, 0.3) is 0 Å². The van der Waals surface area contributed by atoms with E-state index in [2.05, 4.69) is 38.5 Å². The summed E-state index contributed by atoms with van der Waals surface area (Å²) < 4.78 is 15.5. The summed E-state index contributed by atoms with van der Waals surface area (Å²) in [6, 6.07) is 10.4. The van der Waals surface area contributed by atoms with Crippen LogP contribution >= 0.6 is 50.1 Å². The molecule has 18 heavy (non-hydrogen) atoms. The molecule has 1 atom stereocenters. The Kier molecular flexibility index (Phi) is 4.64. The first kappa shape index (κ1) is 14.2. The maximum absolute atomic E-state index is 14.0. The Morgan fingerprint density at radius 2 is 1.78 bits per heavy atom. The number of aliphatic hydroxyl groups excluding tert-OH is 1. The first-order chi connectivity index (χ1) is 8.50. The molecular formula is C13H8BrClFIO. The summed E-state index contributed by atoms with van der Waals surface area (Å²) in [6.45, 7) is 0. The molecule has 1 nitrogen and oxygen atoms in total. The fraction of sp³-hybridized carbons (Fsp3) is 0.0769. The molecule has 2 rings (SSSR count). The van der Waals surface area contributed by atoms with Crippen molar-refractivity contribution in [2.75, 3.05) is 0 Å². The monoisotopic (exact) mass is 440 g/mol. The van der Waals surface area contributed by atoms with Gasteiger partial charge in [-0.25, -0.2) is 4.39 Å². The van der Waals surface area contributed by atoms with E-state index in [1.54, 1.807) is 18.2 Å². The SMILES string of the molecule is OC(c1ccc(I)cc1)c1ccc(Br)c(Cl)c1F. The van der Waals surface area contributed by atoms with Crippen molar-refractivity contribution in [1.82, 2.24) is 0 Å². The molecule has 0 saturated carbocycles. The number of hydrogen-bond acceptors (Lipinski definition) is 1.